The van der Waals surface area contributed by atoms with E-state index in [0.29, 0.717) is 11.8 Å². The van der Waals surface area contributed by atoms with Crippen molar-refractivity contribution < 1.29 is 9.84 Å². The van der Waals surface area contributed by atoms with Gasteiger partial charge in [-0.15, -0.1) is 16.9 Å². The van der Waals surface area contributed by atoms with E-state index in [0.717, 1.165) is 23.1 Å². The lowest BCUT2D eigenvalue weighted by Gasteiger charge is -2.23. The zero-order valence-electron chi connectivity index (χ0n) is 19.9. The lowest BCUT2D eigenvalue weighted by molar-refractivity contribution is 0.467. The molecule has 0 aliphatic carbocycles. The van der Waals surface area contributed by atoms with Gasteiger partial charge in [-0.05, 0) is 54.8 Å². The van der Waals surface area contributed by atoms with E-state index in [-0.39, 0.29) is 5.75 Å². The smallest absolute Gasteiger partial charge is 0.340 e. The third-order valence-corrected chi connectivity index (χ3v) is 7.27. The molecule has 0 saturated heterocycles. The molecule has 1 heterocycles. The predicted octanol–water partition coefficient (Wildman–Crippen LogP) is 7.86. The van der Waals surface area contributed by atoms with E-state index >= 15 is 0 Å². The van der Waals surface area contributed by atoms with E-state index in [1.807, 2.05) is 16.2 Å². The normalized spacial score (nSPS) is 13.8. The second kappa shape index (κ2) is 17.2. The Bertz CT molecular complexity index is 680. The number of hydrazone groups is 1. The summed E-state index contributed by atoms with van der Waals surface area (Å²) in [6, 6.07) is 7.07. The van der Waals surface area contributed by atoms with Crippen LogP contribution in [0.5, 0.6) is 11.5 Å². The molecule has 1 N–H and O–H groups in total. The van der Waals surface area contributed by atoms with Crippen molar-refractivity contribution in [3.8, 4) is 11.5 Å². The average Bonchev–Trinajstić information content (AvgIpc) is 2.79. The maximum atomic E-state index is 9.50. The first kappa shape index (κ1) is 26.9. The summed E-state index contributed by atoms with van der Waals surface area (Å²) in [5.41, 5.74) is 0. The first-order chi connectivity index (χ1) is 15.7. The lowest BCUT2D eigenvalue weighted by Crippen LogP contribution is -2.27. The minimum atomic E-state index is 0.220. The maximum absolute atomic E-state index is 9.50. The van der Waals surface area contributed by atoms with E-state index < -0.39 is 0 Å². The van der Waals surface area contributed by atoms with Crippen LogP contribution in [0.2, 0.25) is 0 Å². The minimum absolute atomic E-state index is 0.220. The molecule has 1 aliphatic heterocycles. The Hall–Kier alpha value is -1.34. The van der Waals surface area contributed by atoms with Crippen LogP contribution >= 0.6 is 23.7 Å². The van der Waals surface area contributed by atoms with Gasteiger partial charge in [0.05, 0.1) is 6.54 Å². The number of phenols is 1. The van der Waals surface area contributed by atoms with Crippen molar-refractivity contribution in [1.29, 1.82) is 0 Å². The van der Waals surface area contributed by atoms with Gasteiger partial charge in [0.15, 0.2) is 0 Å². The predicted molar refractivity (Wildman–Crippen MR) is 142 cm³/mol. The first-order valence-electron chi connectivity index (χ1n) is 12.4. The Labute approximate surface area is 203 Å². The summed E-state index contributed by atoms with van der Waals surface area (Å²) >= 11 is 3.59. The third kappa shape index (κ3) is 12.0. The number of aliphatic imine (C=N–C) groups is 1. The van der Waals surface area contributed by atoms with Crippen molar-refractivity contribution in [2.24, 2.45) is 10.1 Å². The number of thioether (sulfide) groups is 1. The molecule has 32 heavy (non-hydrogen) atoms. The molecule has 1 aliphatic rings. The van der Waals surface area contributed by atoms with Gasteiger partial charge >= 0.3 is 6.02 Å². The quantitative estimate of drug-likeness (QED) is 0.193. The number of unbranched alkanes of at least 4 members (excludes halogenated alkanes) is 10. The molecule has 0 amide bonds. The van der Waals surface area contributed by atoms with Crippen LogP contribution in [0.15, 0.2) is 34.4 Å². The summed E-state index contributed by atoms with van der Waals surface area (Å²) in [6.45, 7) is 5.25. The molecular formula is C25H41N3O2S2. The Balaban J connectivity index is 1.82. The van der Waals surface area contributed by atoms with Crippen LogP contribution in [-0.2, 0) is 0 Å². The molecular weight excluding hydrogens is 438 g/mol. The second-order valence-corrected chi connectivity index (χ2v) is 10.5. The number of rotatable bonds is 16. The molecule has 180 valence electrons. The van der Waals surface area contributed by atoms with Crippen molar-refractivity contribution in [2.45, 2.75) is 90.9 Å². The number of hydrogen-bond acceptors (Lipinski definition) is 7. The molecule has 7 heteroatoms. The van der Waals surface area contributed by atoms with Crippen molar-refractivity contribution in [3.05, 3.63) is 24.3 Å². The van der Waals surface area contributed by atoms with Gasteiger partial charge in [0.2, 0.25) is 0 Å². The molecule has 0 saturated carbocycles. The molecule has 0 atom stereocenters. The number of ether oxygens (including phenoxy) is 1. The molecule has 5 nitrogen and oxygen atoms in total. The molecule has 2 rings (SSSR count). The van der Waals surface area contributed by atoms with Crippen LogP contribution < -0.4 is 4.74 Å². The van der Waals surface area contributed by atoms with E-state index in [9.17, 15) is 5.11 Å². The van der Waals surface area contributed by atoms with Crippen LogP contribution in [0.1, 0.15) is 90.9 Å². The monoisotopic (exact) mass is 479 g/mol. The summed E-state index contributed by atoms with van der Waals surface area (Å²) in [4.78, 5) is 4.67. The number of hydrogen-bond donors (Lipinski definition) is 1. The van der Waals surface area contributed by atoms with E-state index in [1.165, 1.54) is 77.0 Å². The molecule has 0 spiro atoms. The van der Waals surface area contributed by atoms with Crippen LogP contribution in [0.4, 0.5) is 0 Å². The number of nitrogens with zero attached hydrogens (tertiary/aromatic N) is 3. The van der Waals surface area contributed by atoms with Gasteiger partial charge in [0.1, 0.15) is 16.5 Å². The fourth-order valence-corrected chi connectivity index (χ4v) is 5.26. The van der Waals surface area contributed by atoms with Gasteiger partial charge in [-0.3, -0.25) is 0 Å². The zero-order valence-corrected chi connectivity index (χ0v) is 21.6. The maximum Gasteiger partial charge on any atom is 0.340 e. The average molecular weight is 480 g/mol. The molecule has 1 aromatic rings. The number of phenolic OH excluding ortho intramolecular Hbond substituents is 1. The molecule has 0 aromatic heterocycles. The Kier molecular flexibility index (Phi) is 14.4. The standard InChI is InChI=1S/C25H41N3O2S2/c1-3-5-7-9-11-13-19-31-24-21-28(32-20-14-12-10-8-6-4-2)27-25(26-24)30-23-17-15-22(29)16-18-23/h15-18,29H,3-14,19-21H2,1-2H3. The first-order valence-corrected chi connectivity index (χ1v) is 14.3. The van der Waals surface area contributed by atoms with Gasteiger partial charge in [0, 0.05) is 5.75 Å². The second-order valence-electron chi connectivity index (χ2n) is 8.21. The van der Waals surface area contributed by atoms with Crippen molar-refractivity contribution in [3.63, 3.8) is 0 Å². The molecule has 1 aromatic carbocycles. The van der Waals surface area contributed by atoms with Crippen LogP contribution in [0.25, 0.3) is 0 Å². The van der Waals surface area contributed by atoms with Crippen LogP contribution in [-0.4, -0.2) is 38.6 Å². The lowest BCUT2D eigenvalue weighted by atomic mass is 10.1. The van der Waals surface area contributed by atoms with Crippen LogP contribution in [0, 0.1) is 0 Å². The number of amidine groups is 1. The van der Waals surface area contributed by atoms with Gasteiger partial charge in [0.25, 0.3) is 0 Å². The summed E-state index contributed by atoms with van der Waals surface area (Å²) in [6.07, 6.45) is 15.6. The Morgan fingerprint density at radius 1 is 0.844 bits per heavy atom. The van der Waals surface area contributed by atoms with E-state index in [1.54, 1.807) is 36.2 Å². The Morgan fingerprint density at radius 2 is 1.44 bits per heavy atom. The van der Waals surface area contributed by atoms with Crippen molar-refractivity contribution >= 4 is 34.8 Å². The number of aromatic hydroxyl groups is 1. The summed E-state index contributed by atoms with van der Waals surface area (Å²) < 4.78 is 7.92. The Morgan fingerprint density at radius 3 is 2.09 bits per heavy atom. The molecule has 0 unspecified atom stereocenters. The highest BCUT2D eigenvalue weighted by Crippen LogP contribution is 2.23. The largest absolute Gasteiger partial charge is 0.508 e. The fourth-order valence-electron chi connectivity index (χ4n) is 3.35. The molecule has 0 fully saturated rings. The topological polar surface area (TPSA) is 57.4 Å². The summed E-state index contributed by atoms with van der Waals surface area (Å²) in [5, 5.41) is 15.2. The van der Waals surface area contributed by atoms with Crippen molar-refractivity contribution in [1.82, 2.24) is 4.41 Å². The fraction of sp³-hybridized carbons (Fsp3) is 0.680. The summed E-state index contributed by atoms with van der Waals surface area (Å²) in [7, 11) is 0. The van der Waals surface area contributed by atoms with E-state index in [4.69, 9.17) is 4.74 Å². The molecule has 0 bridgehead atoms. The number of benzene rings is 1. The highest BCUT2D eigenvalue weighted by Gasteiger charge is 2.18. The highest BCUT2D eigenvalue weighted by molar-refractivity contribution is 8.14. The van der Waals surface area contributed by atoms with E-state index in [2.05, 4.69) is 23.9 Å². The minimum Gasteiger partial charge on any atom is -0.508 e. The van der Waals surface area contributed by atoms with Crippen molar-refractivity contribution in [2.75, 3.05) is 18.1 Å². The summed E-state index contributed by atoms with van der Waals surface area (Å²) in [5.74, 6) is 3.01. The van der Waals surface area contributed by atoms with Gasteiger partial charge in [-0.2, -0.15) is 4.99 Å². The third-order valence-electron chi connectivity index (χ3n) is 5.24. The zero-order chi connectivity index (χ0) is 22.9. The van der Waals surface area contributed by atoms with Gasteiger partial charge in [-0.25, -0.2) is 4.41 Å². The van der Waals surface area contributed by atoms with Gasteiger partial charge < -0.3 is 9.84 Å². The van der Waals surface area contributed by atoms with Crippen LogP contribution in [0.3, 0.4) is 0 Å². The van der Waals surface area contributed by atoms with Gasteiger partial charge in [-0.1, -0.05) is 78.1 Å². The SMILES string of the molecule is CCCCCCCCSC1=NC(Oc2ccc(O)cc2)=NN(SCCCCCCCC)C1. The molecule has 0 radical (unpaired) electrons. The highest BCUT2D eigenvalue weighted by atomic mass is 32.2.